The average molecular weight is 366 g/mol. The zero-order valence-electron chi connectivity index (χ0n) is 16.9. The first kappa shape index (κ1) is 21.2. The molecule has 0 saturated carbocycles. The maximum absolute atomic E-state index is 11.4. The standard InChI is InChI=1S/C25H34O2/c1-3-5-8-14-21-16-22(15-9-6-4-2)24(23(17-21)19-25(26)27)18-20-12-10-7-11-13-20/h7,10-13,16-17H,3-6,8-9,14-15,18-19H2,1-2H3,(H,26,27)/p-1. The largest absolute Gasteiger partial charge is 0.550 e. The van der Waals surface area contributed by atoms with Crippen LogP contribution in [0.5, 0.6) is 0 Å². The number of carbonyl (C=O) groups excluding carboxylic acids is 1. The third-order valence-electron chi connectivity index (χ3n) is 5.17. The first-order valence-electron chi connectivity index (χ1n) is 10.5. The molecule has 0 amide bonds. The van der Waals surface area contributed by atoms with Gasteiger partial charge in [-0.05, 0) is 59.9 Å². The number of carboxylic acid groups (broad SMARTS) is 1. The number of hydrogen-bond acceptors (Lipinski definition) is 2. The molecule has 2 heteroatoms. The Morgan fingerprint density at radius 3 is 2.07 bits per heavy atom. The molecule has 0 aliphatic rings. The number of unbranched alkanes of at least 4 members (excludes halogenated alkanes) is 4. The highest BCUT2D eigenvalue weighted by Crippen LogP contribution is 2.25. The molecule has 0 aliphatic carbocycles. The molecule has 0 atom stereocenters. The molecular formula is C25H33O2-. The van der Waals surface area contributed by atoms with E-state index in [0.29, 0.717) is 0 Å². The quantitative estimate of drug-likeness (QED) is 0.495. The topological polar surface area (TPSA) is 40.1 Å². The van der Waals surface area contributed by atoms with Crippen molar-refractivity contribution in [3.05, 3.63) is 70.3 Å². The molecular weight excluding hydrogens is 332 g/mol. The highest BCUT2D eigenvalue weighted by Gasteiger charge is 2.12. The minimum atomic E-state index is -0.991. The molecule has 0 spiro atoms. The summed E-state index contributed by atoms with van der Waals surface area (Å²) in [5.41, 5.74) is 5.98. The molecule has 0 unspecified atom stereocenters. The third kappa shape index (κ3) is 7.21. The summed E-state index contributed by atoms with van der Waals surface area (Å²) in [6.45, 7) is 4.42. The lowest BCUT2D eigenvalue weighted by molar-refractivity contribution is -0.304. The maximum atomic E-state index is 11.4. The average Bonchev–Trinajstić information content (AvgIpc) is 2.65. The summed E-state index contributed by atoms with van der Waals surface area (Å²) in [6, 6.07) is 14.8. The summed E-state index contributed by atoms with van der Waals surface area (Å²) in [5.74, 6) is -0.991. The number of hydrogen-bond donors (Lipinski definition) is 0. The second-order valence-electron chi connectivity index (χ2n) is 7.52. The Labute approximate surface area is 164 Å². The lowest BCUT2D eigenvalue weighted by Gasteiger charge is -2.18. The van der Waals surface area contributed by atoms with Gasteiger partial charge in [0.15, 0.2) is 0 Å². The molecule has 2 nitrogen and oxygen atoms in total. The Hall–Kier alpha value is -2.09. The van der Waals surface area contributed by atoms with Crippen molar-refractivity contribution in [2.24, 2.45) is 0 Å². The zero-order valence-corrected chi connectivity index (χ0v) is 16.9. The molecule has 0 saturated heterocycles. The lowest BCUT2D eigenvalue weighted by Crippen LogP contribution is -2.25. The Morgan fingerprint density at radius 2 is 1.44 bits per heavy atom. The minimum absolute atomic E-state index is 0.00453. The van der Waals surface area contributed by atoms with Crippen molar-refractivity contribution in [1.82, 2.24) is 0 Å². The Bertz CT molecular complexity index is 704. The van der Waals surface area contributed by atoms with Gasteiger partial charge in [-0.15, -0.1) is 0 Å². The van der Waals surface area contributed by atoms with Crippen LogP contribution in [0.4, 0.5) is 0 Å². The maximum Gasteiger partial charge on any atom is 0.0458 e. The van der Waals surface area contributed by atoms with Crippen LogP contribution in [0, 0.1) is 0 Å². The second kappa shape index (κ2) is 11.6. The second-order valence-corrected chi connectivity index (χ2v) is 7.52. The Morgan fingerprint density at radius 1 is 0.815 bits per heavy atom. The fraction of sp³-hybridized carbons (Fsp3) is 0.480. The summed E-state index contributed by atoms with van der Waals surface area (Å²) in [5, 5.41) is 11.4. The number of benzene rings is 2. The van der Waals surface area contributed by atoms with Gasteiger partial charge in [0.1, 0.15) is 0 Å². The van der Waals surface area contributed by atoms with Crippen molar-refractivity contribution >= 4 is 5.97 Å². The van der Waals surface area contributed by atoms with Gasteiger partial charge in [0, 0.05) is 12.4 Å². The molecule has 2 aromatic rings. The zero-order chi connectivity index (χ0) is 19.5. The van der Waals surface area contributed by atoms with E-state index in [4.69, 9.17) is 0 Å². The molecule has 0 fully saturated rings. The fourth-order valence-electron chi connectivity index (χ4n) is 3.72. The molecule has 0 radical (unpaired) electrons. The van der Waals surface area contributed by atoms with E-state index in [0.717, 1.165) is 37.7 Å². The molecule has 146 valence electrons. The highest BCUT2D eigenvalue weighted by atomic mass is 16.4. The smallest absolute Gasteiger partial charge is 0.0458 e. The molecule has 0 bridgehead atoms. The van der Waals surface area contributed by atoms with E-state index in [1.54, 1.807) is 0 Å². The van der Waals surface area contributed by atoms with Crippen LogP contribution in [0.25, 0.3) is 0 Å². The summed E-state index contributed by atoms with van der Waals surface area (Å²) in [6.07, 6.45) is 9.97. The number of carbonyl (C=O) groups is 1. The molecule has 0 N–H and O–H groups in total. The third-order valence-corrected chi connectivity index (χ3v) is 5.17. The van der Waals surface area contributed by atoms with Crippen molar-refractivity contribution in [1.29, 1.82) is 0 Å². The van der Waals surface area contributed by atoms with Crippen LogP contribution in [-0.2, 0) is 30.5 Å². The summed E-state index contributed by atoms with van der Waals surface area (Å²) in [4.78, 5) is 11.4. The van der Waals surface area contributed by atoms with Crippen LogP contribution in [0.3, 0.4) is 0 Å². The first-order chi connectivity index (χ1) is 13.1. The van der Waals surface area contributed by atoms with E-state index < -0.39 is 5.97 Å². The van der Waals surface area contributed by atoms with Crippen molar-refractivity contribution in [3.8, 4) is 0 Å². The van der Waals surface area contributed by atoms with Gasteiger partial charge in [0.25, 0.3) is 0 Å². The number of rotatable bonds is 12. The summed E-state index contributed by atoms with van der Waals surface area (Å²) in [7, 11) is 0. The monoisotopic (exact) mass is 365 g/mol. The summed E-state index contributed by atoms with van der Waals surface area (Å²) >= 11 is 0. The van der Waals surface area contributed by atoms with Crippen LogP contribution in [0.15, 0.2) is 42.5 Å². The Kier molecular flexibility index (Phi) is 9.10. The van der Waals surface area contributed by atoms with Crippen LogP contribution in [0.1, 0.15) is 80.2 Å². The predicted octanol–water partition coefficient (Wildman–Crippen LogP) is 5.04. The number of carboxylic acids is 1. The highest BCUT2D eigenvalue weighted by molar-refractivity contribution is 5.69. The van der Waals surface area contributed by atoms with Crippen molar-refractivity contribution in [3.63, 3.8) is 0 Å². The van der Waals surface area contributed by atoms with Crippen molar-refractivity contribution in [2.45, 2.75) is 78.1 Å². The fourth-order valence-corrected chi connectivity index (χ4v) is 3.72. The van der Waals surface area contributed by atoms with Gasteiger partial charge in [0.05, 0.1) is 0 Å². The number of aryl methyl sites for hydroxylation is 2. The SMILES string of the molecule is CCCCCc1cc(CCCCC)c(Cc2ccccc2)c(CC(=O)[O-])c1. The molecule has 0 heterocycles. The van der Waals surface area contributed by atoms with Gasteiger partial charge in [-0.25, -0.2) is 0 Å². The van der Waals surface area contributed by atoms with Gasteiger partial charge in [-0.1, -0.05) is 82.0 Å². The van der Waals surface area contributed by atoms with E-state index >= 15 is 0 Å². The van der Waals surface area contributed by atoms with Crippen LogP contribution >= 0.6 is 0 Å². The predicted molar refractivity (Wildman–Crippen MR) is 111 cm³/mol. The molecule has 27 heavy (non-hydrogen) atoms. The van der Waals surface area contributed by atoms with E-state index in [9.17, 15) is 9.90 Å². The van der Waals surface area contributed by atoms with Crippen LogP contribution < -0.4 is 5.11 Å². The Balaban J connectivity index is 2.38. The van der Waals surface area contributed by atoms with Gasteiger partial charge < -0.3 is 9.90 Å². The van der Waals surface area contributed by atoms with Gasteiger partial charge >= 0.3 is 0 Å². The normalized spacial score (nSPS) is 10.9. The molecule has 2 rings (SSSR count). The van der Waals surface area contributed by atoms with E-state index in [2.05, 4.69) is 38.1 Å². The van der Waals surface area contributed by atoms with E-state index in [-0.39, 0.29) is 6.42 Å². The minimum Gasteiger partial charge on any atom is -0.550 e. The molecule has 0 aromatic heterocycles. The lowest BCUT2D eigenvalue weighted by atomic mass is 9.88. The number of aliphatic carboxylic acids is 1. The van der Waals surface area contributed by atoms with Crippen LogP contribution in [-0.4, -0.2) is 5.97 Å². The summed E-state index contributed by atoms with van der Waals surface area (Å²) < 4.78 is 0. The first-order valence-corrected chi connectivity index (χ1v) is 10.5. The molecule has 0 aliphatic heterocycles. The van der Waals surface area contributed by atoms with E-state index in [1.807, 2.05) is 18.2 Å². The van der Waals surface area contributed by atoms with Gasteiger partial charge in [0.2, 0.25) is 0 Å². The molecule has 2 aromatic carbocycles. The van der Waals surface area contributed by atoms with Gasteiger partial charge in [-0.2, -0.15) is 0 Å². The van der Waals surface area contributed by atoms with Crippen molar-refractivity contribution in [2.75, 3.05) is 0 Å². The van der Waals surface area contributed by atoms with Crippen LogP contribution in [0.2, 0.25) is 0 Å². The van der Waals surface area contributed by atoms with Crippen molar-refractivity contribution < 1.29 is 9.90 Å². The van der Waals surface area contributed by atoms with Gasteiger partial charge in [-0.3, -0.25) is 0 Å². The van der Waals surface area contributed by atoms with E-state index in [1.165, 1.54) is 47.9 Å².